The van der Waals surface area contributed by atoms with Crippen molar-refractivity contribution in [1.29, 1.82) is 0 Å². The van der Waals surface area contributed by atoms with E-state index in [1.165, 1.54) is 11.1 Å². The molecular weight excluding hydrogens is 456 g/mol. The van der Waals surface area contributed by atoms with Gasteiger partial charge in [0.15, 0.2) is 0 Å². The van der Waals surface area contributed by atoms with Gasteiger partial charge in [0.05, 0.1) is 0 Å². The Morgan fingerprint density at radius 2 is 1.14 bits per heavy atom. The number of aryl methyl sites for hydroxylation is 1. The van der Waals surface area contributed by atoms with E-state index in [0.29, 0.717) is 11.3 Å². The fourth-order valence-electron chi connectivity index (χ4n) is 5.06. The van der Waals surface area contributed by atoms with Crippen molar-refractivity contribution in [2.24, 2.45) is 0 Å². The molecular formula is C34H36O3. The predicted molar refractivity (Wildman–Crippen MR) is 151 cm³/mol. The van der Waals surface area contributed by atoms with Gasteiger partial charge in [-0.05, 0) is 52.4 Å². The van der Waals surface area contributed by atoms with Crippen molar-refractivity contribution in [2.75, 3.05) is 0 Å². The SMILES string of the molecule is Cc1cc(C(C)(C)c2ccc(C(C)(C)c3ccc(O)cc3)cc2)cc(C(C)c2ccc(C=O)cc2)c1O. The molecule has 3 heteroatoms. The summed E-state index contributed by atoms with van der Waals surface area (Å²) in [5, 5.41) is 20.6. The van der Waals surface area contributed by atoms with E-state index in [-0.39, 0.29) is 22.5 Å². The molecule has 0 saturated carbocycles. The summed E-state index contributed by atoms with van der Waals surface area (Å²) in [6.07, 6.45) is 0.844. The second-order valence-corrected chi connectivity index (χ2v) is 11.1. The molecule has 0 saturated heterocycles. The number of benzene rings is 4. The van der Waals surface area contributed by atoms with Crippen LogP contribution in [0.3, 0.4) is 0 Å². The maximum atomic E-state index is 11.1. The number of hydrogen-bond acceptors (Lipinski definition) is 3. The smallest absolute Gasteiger partial charge is 0.150 e. The van der Waals surface area contributed by atoms with Gasteiger partial charge >= 0.3 is 0 Å². The lowest BCUT2D eigenvalue weighted by Gasteiger charge is -2.30. The summed E-state index contributed by atoms with van der Waals surface area (Å²) in [6, 6.07) is 27.9. The van der Waals surface area contributed by atoms with Crippen LogP contribution < -0.4 is 0 Å². The van der Waals surface area contributed by atoms with Crippen LogP contribution in [0.15, 0.2) is 84.9 Å². The van der Waals surface area contributed by atoms with Crippen molar-refractivity contribution in [1.82, 2.24) is 0 Å². The number of phenols is 2. The van der Waals surface area contributed by atoms with Crippen LogP contribution in [0.1, 0.15) is 89.8 Å². The Labute approximate surface area is 220 Å². The lowest BCUT2D eigenvalue weighted by molar-refractivity contribution is 0.112. The number of hydrogen-bond donors (Lipinski definition) is 2. The number of aromatic hydroxyl groups is 2. The fraction of sp³-hybridized carbons (Fsp3) is 0.265. The molecule has 0 aliphatic carbocycles. The summed E-state index contributed by atoms with van der Waals surface area (Å²) in [4.78, 5) is 11.1. The third kappa shape index (κ3) is 5.04. The summed E-state index contributed by atoms with van der Waals surface area (Å²) in [7, 11) is 0. The largest absolute Gasteiger partial charge is 0.508 e. The Morgan fingerprint density at radius 3 is 1.62 bits per heavy atom. The van der Waals surface area contributed by atoms with Crippen LogP contribution >= 0.6 is 0 Å². The van der Waals surface area contributed by atoms with Gasteiger partial charge < -0.3 is 10.2 Å². The van der Waals surface area contributed by atoms with Gasteiger partial charge in [0.25, 0.3) is 0 Å². The lowest BCUT2D eigenvalue weighted by atomic mass is 9.73. The first-order valence-corrected chi connectivity index (χ1v) is 12.7. The molecule has 0 radical (unpaired) electrons. The van der Waals surface area contributed by atoms with Gasteiger partial charge in [-0.1, -0.05) is 107 Å². The van der Waals surface area contributed by atoms with Gasteiger partial charge in [0.2, 0.25) is 0 Å². The van der Waals surface area contributed by atoms with Gasteiger partial charge in [-0.15, -0.1) is 0 Å². The summed E-state index contributed by atoms with van der Waals surface area (Å²) in [5.41, 5.74) is 7.62. The summed E-state index contributed by atoms with van der Waals surface area (Å²) < 4.78 is 0. The van der Waals surface area contributed by atoms with Crippen LogP contribution in [0, 0.1) is 6.92 Å². The van der Waals surface area contributed by atoms with E-state index < -0.39 is 0 Å². The molecule has 0 heterocycles. The maximum absolute atomic E-state index is 11.1. The van der Waals surface area contributed by atoms with Gasteiger partial charge in [0, 0.05) is 27.9 Å². The molecule has 2 N–H and O–H groups in total. The van der Waals surface area contributed by atoms with Gasteiger partial charge in [-0.3, -0.25) is 4.79 Å². The van der Waals surface area contributed by atoms with E-state index >= 15 is 0 Å². The summed E-state index contributed by atoms with van der Waals surface area (Å²) in [6.45, 7) is 12.8. The first kappa shape index (κ1) is 26.2. The van der Waals surface area contributed by atoms with Crippen molar-refractivity contribution in [3.63, 3.8) is 0 Å². The third-order valence-corrected chi connectivity index (χ3v) is 8.01. The zero-order valence-electron chi connectivity index (χ0n) is 22.5. The standard InChI is InChI=1S/C34H36O3/c1-22-19-29(20-31(32(22)37)23(2)25-9-7-24(21-35)8-10-25)34(5,6)27-13-11-26(12-14-27)33(3,4)28-15-17-30(36)18-16-28/h7-21,23,36-37H,1-6H3. The molecule has 190 valence electrons. The highest BCUT2D eigenvalue weighted by atomic mass is 16.3. The minimum atomic E-state index is -0.282. The van der Waals surface area contributed by atoms with Crippen LogP contribution in [-0.4, -0.2) is 16.5 Å². The molecule has 0 aliphatic heterocycles. The van der Waals surface area contributed by atoms with Gasteiger partial charge in [-0.25, -0.2) is 0 Å². The van der Waals surface area contributed by atoms with Crippen molar-refractivity contribution < 1.29 is 15.0 Å². The average molecular weight is 493 g/mol. The molecule has 0 aromatic heterocycles. The molecule has 4 aromatic rings. The molecule has 0 spiro atoms. The lowest BCUT2D eigenvalue weighted by Crippen LogP contribution is -2.22. The predicted octanol–water partition coefficient (Wildman–Crippen LogP) is 8.02. The second kappa shape index (κ2) is 9.89. The quantitative estimate of drug-likeness (QED) is 0.257. The second-order valence-electron chi connectivity index (χ2n) is 11.1. The van der Waals surface area contributed by atoms with Crippen molar-refractivity contribution in [3.05, 3.63) is 129 Å². The number of phenolic OH excluding ortho intramolecular Hbond substituents is 2. The van der Waals surface area contributed by atoms with Crippen LogP contribution in [-0.2, 0) is 10.8 Å². The molecule has 0 amide bonds. The zero-order chi connectivity index (χ0) is 27.0. The first-order chi connectivity index (χ1) is 17.4. The Kier molecular flexibility index (Phi) is 7.01. The maximum Gasteiger partial charge on any atom is 0.150 e. The Morgan fingerprint density at radius 1 is 0.676 bits per heavy atom. The van der Waals surface area contributed by atoms with E-state index in [4.69, 9.17) is 0 Å². The third-order valence-electron chi connectivity index (χ3n) is 8.01. The highest BCUT2D eigenvalue weighted by Gasteiger charge is 2.28. The van der Waals surface area contributed by atoms with E-state index in [0.717, 1.165) is 34.1 Å². The highest BCUT2D eigenvalue weighted by Crippen LogP contribution is 2.41. The van der Waals surface area contributed by atoms with Crippen molar-refractivity contribution in [2.45, 2.75) is 58.3 Å². The minimum Gasteiger partial charge on any atom is -0.508 e. The topological polar surface area (TPSA) is 57.5 Å². The number of carbonyl (C=O) groups excluding carboxylic acids is 1. The monoisotopic (exact) mass is 492 g/mol. The highest BCUT2D eigenvalue weighted by molar-refractivity contribution is 5.74. The molecule has 4 aromatic carbocycles. The number of carbonyl (C=O) groups is 1. The number of rotatable bonds is 7. The Balaban J connectivity index is 1.68. The van der Waals surface area contributed by atoms with Crippen LogP contribution in [0.5, 0.6) is 11.5 Å². The molecule has 37 heavy (non-hydrogen) atoms. The van der Waals surface area contributed by atoms with Gasteiger partial charge in [-0.2, -0.15) is 0 Å². The minimum absolute atomic E-state index is 0.0244. The normalized spacial score (nSPS) is 12.8. The van der Waals surface area contributed by atoms with Crippen LogP contribution in [0.2, 0.25) is 0 Å². The van der Waals surface area contributed by atoms with Crippen molar-refractivity contribution in [3.8, 4) is 11.5 Å². The van der Waals surface area contributed by atoms with E-state index in [9.17, 15) is 15.0 Å². The average Bonchev–Trinajstić information content (AvgIpc) is 2.90. The molecule has 4 rings (SSSR count). The molecule has 0 aliphatic rings. The molecule has 0 fully saturated rings. The molecule has 0 bridgehead atoms. The zero-order valence-corrected chi connectivity index (χ0v) is 22.5. The number of aldehydes is 1. The summed E-state index contributed by atoms with van der Waals surface area (Å²) >= 11 is 0. The van der Waals surface area contributed by atoms with Crippen molar-refractivity contribution >= 4 is 6.29 Å². The van der Waals surface area contributed by atoms with Gasteiger partial charge in [0.1, 0.15) is 17.8 Å². The summed E-state index contributed by atoms with van der Waals surface area (Å²) in [5.74, 6) is 0.564. The Bertz CT molecular complexity index is 1390. The molecule has 3 nitrogen and oxygen atoms in total. The Hall–Kier alpha value is -3.85. The van der Waals surface area contributed by atoms with Crippen LogP contribution in [0.25, 0.3) is 0 Å². The molecule has 1 atom stereocenters. The van der Waals surface area contributed by atoms with E-state index in [1.54, 1.807) is 12.1 Å². The van der Waals surface area contributed by atoms with Crippen LogP contribution in [0.4, 0.5) is 0 Å². The first-order valence-electron chi connectivity index (χ1n) is 12.7. The fourth-order valence-corrected chi connectivity index (χ4v) is 5.06. The van der Waals surface area contributed by atoms with E-state index in [2.05, 4.69) is 71.0 Å². The molecule has 1 unspecified atom stereocenters. The van der Waals surface area contributed by atoms with E-state index in [1.807, 2.05) is 43.3 Å².